The first-order valence-electron chi connectivity index (χ1n) is 8.78. The van der Waals surface area contributed by atoms with E-state index in [2.05, 4.69) is 40.9 Å². The van der Waals surface area contributed by atoms with Crippen LogP contribution in [0.2, 0.25) is 0 Å². The van der Waals surface area contributed by atoms with E-state index in [0.717, 1.165) is 12.8 Å². The third kappa shape index (κ3) is 16.0. The van der Waals surface area contributed by atoms with Crippen LogP contribution in [0.3, 0.4) is 0 Å². The third-order valence-corrected chi connectivity index (χ3v) is 4.08. The summed E-state index contributed by atoms with van der Waals surface area (Å²) >= 11 is 0. The van der Waals surface area contributed by atoms with E-state index < -0.39 is 10.4 Å². The molecule has 1 heterocycles. The van der Waals surface area contributed by atoms with Gasteiger partial charge in [-0.05, 0) is 12.8 Å². The predicted molar refractivity (Wildman–Crippen MR) is 92.6 cm³/mol. The van der Waals surface area contributed by atoms with Crippen LogP contribution in [0.25, 0.3) is 0 Å². The Morgan fingerprint density at radius 3 is 2.22 bits per heavy atom. The quantitative estimate of drug-likeness (QED) is 0.248. The van der Waals surface area contributed by atoms with Gasteiger partial charge in [0.1, 0.15) is 13.1 Å². The topological polar surface area (TPSA) is 72.7 Å². The van der Waals surface area contributed by atoms with Gasteiger partial charge in [-0.3, -0.25) is 13.7 Å². The molecule has 0 N–H and O–H groups in total. The summed E-state index contributed by atoms with van der Waals surface area (Å²) < 4.78 is 36.3. The van der Waals surface area contributed by atoms with E-state index in [9.17, 15) is 13.0 Å². The summed E-state index contributed by atoms with van der Waals surface area (Å²) in [6.45, 7) is 8.05. The zero-order chi connectivity index (χ0) is 17.6. The van der Waals surface area contributed by atoms with Crippen LogP contribution in [0.5, 0.6) is 0 Å². The lowest BCUT2D eigenvalue weighted by Crippen LogP contribution is -2.20. The Balaban J connectivity index is 0.000000433. The van der Waals surface area contributed by atoms with E-state index in [1.165, 1.54) is 51.7 Å². The molecule has 138 valence electrons. The van der Waals surface area contributed by atoms with Gasteiger partial charge in [-0.2, -0.15) is 0 Å². The van der Waals surface area contributed by atoms with Gasteiger partial charge in [0, 0.05) is 0 Å². The second kappa shape index (κ2) is 13.7. The lowest BCUT2D eigenvalue weighted by Gasteiger charge is -2.06. The first-order chi connectivity index (χ1) is 10.9. The van der Waals surface area contributed by atoms with E-state index in [1.807, 2.05) is 0 Å². The molecule has 0 aliphatic carbocycles. The number of nitrogens with zero attached hydrogens (tertiary/aromatic N) is 2. The van der Waals surface area contributed by atoms with Crippen molar-refractivity contribution in [3.05, 3.63) is 0 Å². The maximum Gasteiger partial charge on any atom is 0.234 e. The minimum atomic E-state index is -4.47. The van der Waals surface area contributed by atoms with Crippen molar-refractivity contribution < 1.29 is 21.7 Å². The van der Waals surface area contributed by atoms with Crippen molar-refractivity contribution in [2.24, 2.45) is 0 Å². The van der Waals surface area contributed by atoms with Crippen LogP contribution in [-0.4, -0.2) is 62.1 Å². The second-order valence-corrected chi connectivity index (χ2v) is 7.04. The van der Waals surface area contributed by atoms with Crippen LogP contribution < -0.4 is 0 Å². The Morgan fingerprint density at radius 1 is 1.09 bits per heavy atom. The fourth-order valence-electron chi connectivity index (χ4n) is 2.25. The summed E-state index contributed by atoms with van der Waals surface area (Å²) in [5.74, 6) is 0. The molecular weight excluding hydrogens is 316 g/mol. The van der Waals surface area contributed by atoms with Crippen LogP contribution in [0, 0.1) is 0 Å². The fraction of sp³-hybridized carbons (Fsp3) is 0.938. The highest BCUT2D eigenvalue weighted by Crippen LogP contribution is 2.05. The average molecular weight is 351 g/mol. The highest BCUT2D eigenvalue weighted by Gasteiger charge is 2.14. The Kier molecular flexibility index (Phi) is 13.4. The number of hydrogen-bond acceptors (Lipinski definition) is 5. The molecule has 0 amide bonds. The van der Waals surface area contributed by atoms with E-state index in [-0.39, 0.29) is 6.61 Å². The minimum Gasteiger partial charge on any atom is -0.726 e. The molecule has 0 aromatic carbocycles. The first-order valence-corrected chi connectivity index (χ1v) is 10.1. The predicted octanol–water partition coefficient (Wildman–Crippen LogP) is 2.60. The number of hydrogen-bond donors (Lipinski definition) is 0. The van der Waals surface area contributed by atoms with Crippen LogP contribution in [0.1, 0.15) is 65.2 Å². The van der Waals surface area contributed by atoms with Gasteiger partial charge in [0.15, 0.2) is 0 Å². The van der Waals surface area contributed by atoms with E-state index >= 15 is 0 Å². The summed E-state index contributed by atoms with van der Waals surface area (Å²) in [4.78, 5) is 2.39. The lowest BCUT2D eigenvalue weighted by molar-refractivity contribution is -0.482. The largest absolute Gasteiger partial charge is 0.726 e. The van der Waals surface area contributed by atoms with Gasteiger partial charge < -0.3 is 4.55 Å². The van der Waals surface area contributed by atoms with Crippen molar-refractivity contribution in [2.45, 2.75) is 65.2 Å². The maximum absolute atomic E-state index is 9.99. The standard InChI is InChI=1S/C8H17N2.C8H18O4S/c1-3-4-5-10-7-6-9(2)8-10;1-2-3-4-5-6-7-8-12-13(9,10)11/h8H,3-7H2,1-2H3;2-8H2,1H3,(H,9,10,11)/q+1;/p-1. The van der Waals surface area contributed by atoms with Crippen LogP contribution in [0.4, 0.5) is 0 Å². The van der Waals surface area contributed by atoms with Gasteiger partial charge in [0.05, 0.1) is 20.2 Å². The van der Waals surface area contributed by atoms with Gasteiger partial charge in [-0.15, -0.1) is 0 Å². The summed E-state index contributed by atoms with van der Waals surface area (Å²) in [6.07, 6.45) is 11.1. The molecular formula is C16H34N2O4S. The van der Waals surface area contributed by atoms with Crippen molar-refractivity contribution in [1.29, 1.82) is 0 Å². The lowest BCUT2D eigenvalue weighted by atomic mass is 10.1. The normalized spacial score (nSPS) is 14.4. The SMILES string of the molecule is CCCCCCCCOS(=O)(=O)[O-].CCCCN1C=[N+](C)CC1. The molecule has 7 heteroatoms. The van der Waals surface area contributed by atoms with Gasteiger partial charge >= 0.3 is 0 Å². The summed E-state index contributed by atoms with van der Waals surface area (Å²) in [5, 5.41) is 0. The summed E-state index contributed by atoms with van der Waals surface area (Å²) in [5.41, 5.74) is 0. The molecule has 1 aliphatic heterocycles. The van der Waals surface area contributed by atoms with Crippen molar-refractivity contribution in [3.8, 4) is 0 Å². The fourth-order valence-corrected chi connectivity index (χ4v) is 2.58. The van der Waals surface area contributed by atoms with Crippen molar-refractivity contribution in [3.63, 3.8) is 0 Å². The van der Waals surface area contributed by atoms with Crippen molar-refractivity contribution in [2.75, 3.05) is 33.3 Å². The zero-order valence-electron chi connectivity index (χ0n) is 15.0. The molecule has 1 rings (SSSR count). The van der Waals surface area contributed by atoms with E-state index in [4.69, 9.17) is 0 Å². The molecule has 6 nitrogen and oxygen atoms in total. The highest BCUT2D eigenvalue weighted by atomic mass is 32.3. The average Bonchev–Trinajstić information content (AvgIpc) is 2.89. The summed E-state index contributed by atoms with van der Waals surface area (Å²) in [6, 6.07) is 0. The molecule has 0 saturated carbocycles. The van der Waals surface area contributed by atoms with Gasteiger partial charge in [0.2, 0.25) is 16.7 Å². The van der Waals surface area contributed by atoms with E-state index in [1.54, 1.807) is 0 Å². The van der Waals surface area contributed by atoms with Crippen LogP contribution >= 0.6 is 0 Å². The third-order valence-electron chi connectivity index (χ3n) is 3.62. The van der Waals surface area contributed by atoms with Crippen LogP contribution in [-0.2, 0) is 14.6 Å². The first kappa shape index (κ1) is 22.3. The van der Waals surface area contributed by atoms with Crippen molar-refractivity contribution in [1.82, 2.24) is 4.90 Å². The molecule has 0 unspecified atom stereocenters. The molecule has 0 radical (unpaired) electrons. The van der Waals surface area contributed by atoms with Gasteiger partial charge in [-0.1, -0.05) is 52.4 Å². The molecule has 0 aromatic rings. The molecule has 0 atom stereocenters. The minimum absolute atomic E-state index is 0.0258. The second-order valence-electron chi connectivity index (χ2n) is 5.98. The zero-order valence-corrected chi connectivity index (χ0v) is 15.8. The Labute approximate surface area is 142 Å². The smallest absolute Gasteiger partial charge is 0.234 e. The Bertz CT molecular complexity index is 410. The highest BCUT2D eigenvalue weighted by molar-refractivity contribution is 7.80. The Morgan fingerprint density at radius 2 is 1.70 bits per heavy atom. The maximum atomic E-state index is 9.99. The van der Waals surface area contributed by atoms with Gasteiger partial charge in [-0.25, -0.2) is 8.42 Å². The number of unbranched alkanes of at least 4 members (excludes halogenated alkanes) is 6. The summed E-state index contributed by atoms with van der Waals surface area (Å²) in [7, 11) is -2.34. The monoisotopic (exact) mass is 350 g/mol. The molecule has 1 aliphatic rings. The molecule has 0 spiro atoms. The number of likely N-dealkylation sites (N-methyl/N-ethyl adjacent to an activating group) is 1. The van der Waals surface area contributed by atoms with Crippen LogP contribution in [0.15, 0.2) is 0 Å². The van der Waals surface area contributed by atoms with E-state index in [0.29, 0.717) is 6.42 Å². The molecule has 0 aromatic heterocycles. The molecule has 0 saturated heterocycles. The molecule has 0 bridgehead atoms. The molecule has 0 fully saturated rings. The molecule has 23 heavy (non-hydrogen) atoms. The van der Waals surface area contributed by atoms with Gasteiger partial charge in [0.25, 0.3) is 0 Å². The number of rotatable bonds is 11. The Hall–Kier alpha value is -0.660. The van der Waals surface area contributed by atoms with Crippen molar-refractivity contribution >= 4 is 16.7 Å².